The number of rotatable bonds is 3. The van der Waals surface area contributed by atoms with Gasteiger partial charge in [-0.05, 0) is 48.9 Å². The van der Waals surface area contributed by atoms with E-state index in [2.05, 4.69) is 0 Å². The molecule has 0 spiro atoms. The standard InChI is InChI=1S/C16H15ClN2O4S/c17-11-3-4-12(20)10(7-11)8-13-15(22)19(16(23)24-13)9-14(21)18-5-1-2-6-18/h3-4,7-8,20H,1-2,5-6,9H2/b13-8-. The van der Waals surface area contributed by atoms with Crippen LogP contribution in [0.3, 0.4) is 0 Å². The lowest BCUT2D eigenvalue weighted by atomic mass is 10.2. The Morgan fingerprint density at radius 1 is 1.29 bits per heavy atom. The summed E-state index contributed by atoms with van der Waals surface area (Å²) >= 11 is 6.63. The molecule has 0 saturated carbocycles. The summed E-state index contributed by atoms with van der Waals surface area (Å²) < 4.78 is 0. The predicted molar refractivity (Wildman–Crippen MR) is 91.6 cm³/mol. The number of carbonyl (C=O) groups is 3. The molecule has 0 bridgehead atoms. The van der Waals surface area contributed by atoms with Crippen LogP contribution < -0.4 is 0 Å². The zero-order valence-corrected chi connectivity index (χ0v) is 14.3. The monoisotopic (exact) mass is 366 g/mol. The molecular weight excluding hydrogens is 352 g/mol. The second kappa shape index (κ2) is 6.86. The molecular formula is C16H15ClN2O4S. The summed E-state index contributed by atoms with van der Waals surface area (Å²) in [5, 5.41) is 9.74. The second-order valence-corrected chi connectivity index (χ2v) is 6.99. The van der Waals surface area contributed by atoms with Gasteiger partial charge in [0, 0.05) is 23.7 Å². The lowest BCUT2D eigenvalue weighted by Crippen LogP contribution is -2.40. The molecule has 0 aliphatic carbocycles. The molecule has 1 aromatic carbocycles. The average Bonchev–Trinajstić information content (AvgIpc) is 3.16. The highest BCUT2D eigenvalue weighted by Gasteiger charge is 2.37. The van der Waals surface area contributed by atoms with E-state index in [4.69, 9.17) is 11.6 Å². The number of nitrogens with zero attached hydrogens (tertiary/aromatic N) is 2. The van der Waals surface area contributed by atoms with Gasteiger partial charge in [-0.25, -0.2) is 0 Å². The number of aromatic hydroxyl groups is 1. The van der Waals surface area contributed by atoms with Gasteiger partial charge in [0.05, 0.1) is 4.91 Å². The number of likely N-dealkylation sites (tertiary alicyclic amines) is 1. The van der Waals surface area contributed by atoms with E-state index >= 15 is 0 Å². The summed E-state index contributed by atoms with van der Waals surface area (Å²) in [6.07, 6.45) is 3.30. The Bertz CT molecular complexity index is 744. The van der Waals surface area contributed by atoms with Crippen LogP contribution in [0.5, 0.6) is 5.75 Å². The summed E-state index contributed by atoms with van der Waals surface area (Å²) in [5.41, 5.74) is 0.346. The normalized spacial score (nSPS) is 19.6. The summed E-state index contributed by atoms with van der Waals surface area (Å²) in [6.45, 7) is 1.09. The van der Waals surface area contributed by atoms with Crippen LogP contribution in [0.15, 0.2) is 23.1 Å². The molecule has 3 rings (SSSR count). The zero-order chi connectivity index (χ0) is 17.3. The van der Waals surface area contributed by atoms with Gasteiger partial charge in [0.15, 0.2) is 0 Å². The number of carbonyl (C=O) groups excluding carboxylic acids is 3. The molecule has 24 heavy (non-hydrogen) atoms. The van der Waals surface area contributed by atoms with Crippen molar-refractivity contribution in [2.75, 3.05) is 19.6 Å². The number of thioether (sulfide) groups is 1. The molecule has 2 fully saturated rings. The van der Waals surface area contributed by atoms with Gasteiger partial charge in [-0.3, -0.25) is 19.3 Å². The third-order valence-electron chi connectivity index (χ3n) is 3.90. The minimum absolute atomic E-state index is 0.0423. The number of hydrogen-bond acceptors (Lipinski definition) is 5. The van der Waals surface area contributed by atoms with E-state index < -0.39 is 11.1 Å². The minimum Gasteiger partial charge on any atom is -0.507 e. The Morgan fingerprint density at radius 2 is 2.00 bits per heavy atom. The van der Waals surface area contributed by atoms with Crippen molar-refractivity contribution >= 4 is 46.5 Å². The fraction of sp³-hybridized carbons (Fsp3) is 0.312. The van der Waals surface area contributed by atoms with Crippen molar-refractivity contribution in [2.45, 2.75) is 12.8 Å². The molecule has 2 heterocycles. The molecule has 3 amide bonds. The second-order valence-electron chi connectivity index (χ2n) is 5.56. The van der Waals surface area contributed by atoms with E-state index in [0.29, 0.717) is 23.7 Å². The van der Waals surface area contributed by atoms with Crippen LogP contribution in [0.25, 0.3) is 6.08 Å². The topological polar surface area (TPSA) is 77.9 Å². The number of amides is 3. The minimum atomic E-state index is -0.531. The quantitative estimate of drug-likeness (QED) is 0.832. The molecule has 126 valence electrons. The number of halogens is 1. The highest BCUT2D eigenvalue weighted by Crippen LogP contribution is 2.34. The van der Waals surface area contributed by atoms with E-state index in [1.54, 1.807) is 4.90 Å². The molecule has 1 N–H and O–H groups in total. The first-order valence-electron chi connectivity index (χ1n) is 7.47. The highest BCUT2D eigenvalue weighted by atomic mass is 35.5. The predicted octanol–water partition coefficient (Wildman–Crippen LogP) is 2.70. The first kappa shape index (κ1) is 16.9. The third-order valence-corrected chi connectivity index (χ3v) is 5.04. The van der Waals surface area contributed by atoms with Crippen LogP contribution in [0, 0.1) is 0 Å². The molecule has 2 saturated heterocycles. The summed E-state index contributed by atoms with van der Waals surface area (Å²) in [6, 6.07) is 4.43. The van der Waals surface area contributed by atoms with Crippen LogP contribution in [-0.4, -0.2) is 51.6 Å². The van der Waals surface area contributed by atoms with Gasteiger partial charge in [-0.1, -0.05) is 11.6 Å². The van der Waals surface area contributed by atoms with Gasteiger partial charge < -0.3 is 10.0 Å². The van der Waals surface area contributed by atoms with E-state index in [0.717, 1.165) is 29.5 Å². The number of hydrogen-bond donors (Lipinski definition) is 1. The first-order valence-corrected chi connectivity index (χ1v) is 8.67. The Morgan fingerprint density at radius 3 is 2.71 bits per heavy atom. The van der Waals surface area contributed by atoms with E-state index in [9.17, 15) is 19.5 Å². The molecule has 0 radical (unpaired) electrons. The molecule has 0 aromatic heterocycles. The maximum Gasteiger partial charge on any atom is 0.294 e. The SMILES string of the molecule is O=C(CN1C(=O)S/C(=C\c2cc(Cl)ccc2O)C1=O)N1CCCC1. The number of phenols is 1. The number of imide groups is 1. The Labute approximate surface area is 148 Å². The van der Waals surface area contributed by atoms with Gasteiger partial charge >= 0.3 is 0 Å². The summed E-state index contributed by atoms with van der Waals surface area (Å²) in [7, 11) is 0. The molecule has 8 heteroatoms. The van der Waals surface area contributed by atoms with Crippen LogP contribution >= 0.6 is 23.4 Å². The zero-order valence-electron chi connectivity index (χ0n) is 12.7. The van der Waals surface area contributed by atoms with Gasteiger partial charge in [-0.2, -0.15) is 0 Å². The summed E-state index contributed by atoms with van der Waals surface area (Å²) in [4.78, 5) is 39.4. The lowest BCUT2D eigenvalue weighted by molar-refractivity contribution is -0.135. The van der Waals surface area contributed by atoms with E-state index in [1.807, 2.05) is 0 Å². The average molecular weight is 367 g/mol. The van der Waals surface area contributed by atoms with Crippen LogP contribution in [-0.2, 0) is 9.59 Å². The fourth-order valence-corrected chi connectivity index (χ4v) is 3.63. The van der Waals surface area contributed by atoms with Crippen molar-refractivity contribution < 1.29 is 19.5 Å². The maximum absolute atomic E-state index is 12.4. The van der Waals surface area contributed by atoms with Crippen molar-refractivity contribution in [2.24, 2.45) is 0 Å². The van der Waals surface area contributed by atoms with Crippen molar-refractivity contribution in [1.29, 1.82) is 0 Å². The molecule has 0 unspecified atom stereocenters. The van der Waals surface area contributed by atoms with Crippen molar-refractivity contribution in [1.82, 2.24) is 9.80 Å². The Hall–Kier alpha value is -1.99. The molecule has 2 aliphatic heterocycles. The largest absolute Gasteiger partial charge is 0.507 e. The Balaban J connectivity index is 1.77. The molecule has 6 nitrogen and oxygen atoms in total. The first-order chi connectivity index (χ1) is 11.5. The van der Waals surface area contributed by atoms with Crippen molar-refractivity contribution in [3.63, 3.8) is 0 Å². The lowest BCUT2D eigenvalue weighted by Gasteiger charge is -2.18. The Kier molecular flexibility index (Phi) is 4.82. The van der Waals surface area contributed by atoms with Crippen molar-refractivity contribution in [3.05, 3.63) is 33.7 Å². The van der Waals surface area contributed by atoms with E-state index in [1.165, 1.54) is 24.3 Å². The summed E-state index contributed by atoms with van der Waals surface area (Å²) in [5.74, 6) is -0.794. The molecule has 2 aliphatic rings. The van der Waals surface area contributed by atoms with Gasteiger partial charge in [0.1, 0.15) is 12.3 Å². The maximum atomic E-state index is 12.4. The van der Waals surface area contributed by atoms with Gasteiger partial charge in [-0.15, -0.1) is 0 Å². The van der Waals surface area contributed by atoms with Crippen LogP contribution in [0.2, 0.25) is 5.02 Å². The van der Waals surface area contributed by atoms with Gasteiger partial charge in [0.2, 0.25) is 5.91 Å². The molecule has 1 aromatic rings. The molecule has 0 atom stereocenters. The number of benzene rings is 1. The fourth-order valence-electron chi connectivity index (χ4n) is 2.62. The third kappa shape index (κ3) is 3.42. The smallest absolute Gasteiger partial charge is 0.294 e. The van der Waals surface area contributed by atoms with Crippen molar-refractivity contribution in [3.8, 4) is 5.75 Å². The van der Waals surface area contributed by atoms with Crippen LogP contribution in [0.1, 0.15) is 18.4 Å². The number of phenolic OH excluding ortho intramolecular Hbond substituents is 1. The highest BCUT2D eigenvalue weighted by molar-refractivity contribution is 8.18. The van der Waals surface area contributed by atoms with E-state index in [-0.39, 0.29) is 23.1 Å². The van der Waals surface area contributed by atoms with Gasteiger partial charge in [0.25, 0.3) is 11.1 Å². The van der Waals surface area contributed by atoms with Crippen LogP contribution in [0.4, 0.5) is 4.79 Å².